The Bertz CT molecular complexity index is 811. The number of hydrogen-bond donors (Lipinski definition) is 0. The van der Waals surface area contributed by atoms with Gasteiger partial charge < -0.3 is 0 Å². The highest BCUT2D eigenvalue weighted by molar-refractivity contribution is 9.10. The lowest BCUT2D eigenvalue weighted by molar-refractivity contribution is 1.08. The summed E-state index contributed by atoms with van der Waals surface area (Å²) in [4.78, 5) is 4.54. The minimum atomic E-state index is 0.538. The van der Waals surface area contributed by atoms with Gasteiger partial charge in [-0.3, -0.25) is 4.99 Å². The Kier molecular flexibility index (Phi) is 5.27. The molecule has 0 aliphatic carbocycles. The van der Waals surface area contributed by atoms with E-state index in [1.54, 1.807) is 0 Å². The fourth-order valence-electron chi connectivity index (χ4n) is 2.39. The fourth-order valence-corrected chi connectivity index (χ4v) is 2.84. The van der Waals surface area contributed by atoms with Gasteiger partial charge >= 0.3 is 0 Å². The van der Waals surface area contributed by atoms with Crippen LogP contribution >= 0.6 is 27.5 Å². The van der Waals surface area contributed by atoms with Gasteiger partial charge in [0.1, 0.15) is 5.17 Å². The molecule has 3 aromatic carbocycles. The normalized spacial score (nSPS) is 11.5. The lowest BCUT2D eigenvalue weighted by atomic mass is 10.00. The van der Waals surface area contributed by atoms with Crippen molar-refractivity contribution in [3.63, 3.8) is 0 Å². The summed E-state index contributed by atoms with van der Waals surface area (Å²) in [5.41, 5.74) is 4.45. The Morgan fingerprint density at radius 2 is 1.48 bits per heavy atom. The van der Waals surface area contributed by atoms with Crippen LogP contribution in [0.15, 0.2) is 88.3 Å². The van der Waals surface area contributed by atoms with E-state index in [9.17, 15) is 0 Å². The van der Waals surface area contributed by atoms with Crippen molar-refractivity contribution in [2.45, 2.75) is 6.54 Å². The van der Waals surface area contributed by atoms with E-state index < -0.39 is 0 Å². The summed E-state index contributed by atoms with van der Waals surface area (Å²) in [7, 11) is 0. The minimum Gasteiger partial charge on any atom is -0.268 e. The molecule has 0 saturated carbocycles. The van der Waals surface area contributed by atoms with E-state index in [1.807, 2.05) is 54.6 Å². The van der Waals surface area contributed by atoms with Gasteiger partial charge in [-0.1, -0.05) is 94.3 Å². The standard InChI is InChI=1S/C20H15BrClN/c21-18-12-10-15(11-13-18)19-9-5-4-8-17(19)14-23-20(22)16-6-2-1-3-7-16/h1-13H,14H2. The average molecular weight is 385 g/mol. The molecule has 3 rings (SSSR count). The maximum atomic E-state index is 6.32. The molecule has 0 aromatic heterocycles. The molecule has 114 valence electrons. The second-order valence-electron chi connectivity index (χ2n) is 5.14. The van der Waals surface area contributed by atoms with Gasteiger partial charge in [0.2, 0.25) is 0 Å². The first-order valence-electron chi connectivity index (χ1n) is 7.33. The first-order chi connectivity index (χ1) is 11.2. The molecule has 1 nitrogen and oxygen atoms in total. The van der Waals surface area contributed by atoms with Crippen LogP contribution in [0.3, 0.4) is 0 Å². The van der Waals surface area contributed by atoms with Gasteiger partial charge in [0.25, 0.3) is 0 Å². The van der Waals surface area contributed by atoms with Crippen LogP contribution < -0.4 is 0 Å². The number of rotatable bonds is 4. The number of benzene rings is 3. The number of nitrogens with zero attached hydrogens (tertiary/aromatic N) is 1. The summed E-state index contributed by atoms with van der Waals surface area (Å²) >= 11 is 9.79. The molecule has 3 aromatic rings. The summed E-state index contributed by atoms with van der Waals surface area (Å²) in [5.74, 6) is 0. The topological polar surface area (TPSA) is 12.4 Å². The second-order valence-corrected chi connectivity index (χ2v) is 6.41. The third-order valence-electron chi connectivity index (χ3n) is 3.57. The summed E-state index contributed by atoms with van der Waals surface area (Å²) in [5, 5.41) is 0.538. The van der Waals surface area contributed by atoms with E-state index in [2.05, 4.69) is 45.2 Å². The molecule has 0 spiro atoms. The Balaban J connectivity index is 1.88. The largest absolute Gasteiger partial charge is 0.268 e. The first kappa shape index (κ1) is 16.0. The summed E-state index contributed by atoms with van der Waals surface area (Å²) in [6.07, 6.45) is 0. The van der Waals surface area contributed by atoms with Crippen LogP contribution in [0, 0.1) is 0 Å². The molecule has 0 fully saturated rings. The highest BCUT2D eigenvalue weighted by Crippen LogP contribution is 2.26. The number of aliphatic imine (C=N–C) groups is 1. The van der Waals surface area contributed by atoms with Gasteiger partial charge in [0, 0.05) is 10.0 Å². The van der Waals surface area contributed by atoms with Crippen LogP contribution in [-0.2, 0) is 6.54 Å². The summed E-state index contributed by atoms with van der Waals surface area (Å²) < 4.78 is 1.07. The van der Waals surface area contributed by atoms with Gasteiger partial charge in [-0.25, -0.2) is 0 Å². The van der Waals surface area contributed by atoms with Gasteiger partial charge in [0.15, 0.2) is 0 Å². The van der Waals surface area contributed by atoms with Crippen LogP contribution in [0.5, 0.6) is 0 Å². The Labute approximate surface area is 149 Å². The third kappa shape index (κ3) is 4.10. The van der Waals surface area contributed by atoms with Crippen LogP contribution in [0.1, 0.15) is 11.1 Å². The van der Waals surface area contributed by atoms with Gasteiger partial charge in [-0.05, 0) is 28.8 Å². The lowest BCUT2D eigenvalue weighted by Gasteiger charge is -2.08. The monoisotopic (exact) mass is 383 g/mol. The van der Waals surface area contributed by atoms with E-state index in [-0.39, 0.29) is 0 Å². The highest BCUT2D eigenvalue weighted by Gasteiger charge is 2.05. The van der Waals surface area contributed by atoms with Crippen molar-refractivity contribution in [3.8, 4) is 11.1 Å². The van der Waals surface area contributed by atoms with Crippen LogP contribution in [-0.4, -0.2) is 5.17 Å². The molecule has 3 heteroatoms. The van der Waals surface area contributed by atoms with E-state index in [0.717, 1.165) is 15.6 Å². The van der Waals surface area contributed by atoms with E-state index in [0.29, 0.717) is 11.7 Å². The van der Waals surface area contributed by atoms with E-state index >= 15 is 0 Å². The van der Waals surface area contributed by atoms with Gasteiger partial charge in [-0.15, -0.1) is 0 Å². The molecule has 0 unspecified atom stereocenters. The van der Waals surface area contributed by atoms with Gasteiger partial charge in [0.05, 0.1) is 6.54 Å². The van der Waals surface area contributed by atoms with E-state index in [1.165, 1.54) is 11.1 Å². The van der Waals surface area contributed by atoms with Crippen molar-refractivity contribution in [1.82, 2.24) is 0 Å². The lowest BCUT2D eigenvalue weighted by Crippen LogP contribution is -1.94. The predicted molar refractivity (Wildman–Crippen MR) is 102 cm³/mol. The van der Waals surface area contributed by atoms with Crippen molar-refractivity contribution in [2.24, 2.45) is 4.99 Å². The zero-order chi connectivity index (χ0) is 16.1. The fraction of sp³-hybridized carbons (Fsp3) is 0.0500. The van der Waals surface area contributed by atoms with Crippen molar-refractivity contribution < 1.29 is 0 Å². The van der Waals surface area contributed by atoms with Crippen LogP contribution in [0.2, 0.25) is 0 Å². The SMILES string of the molecule is ClC(=NCc1ccccc1-c1ccc(Br)cc1)c1ccccc1. The zero-order valence-corrected chi connectivity index (χ0v) is 14.8. The molecule has 0 saturated heterocycles. The molecule has 0 heterocycles. The number of halogens is 2. The quantitative estimate of drug-likeness (QED) is 0.468. The van der Waals surface area contributed by atoms with Crippen molar-refractivity contribution >= 4 is 32.7 Å². The molecule has 0 bridgehead atoms. The second kappa shape index (κ2) is 7.58. The first-order valence-corrected chi connectivity index (χ1v) is 8.50. The highest BCUT2D eigenvalue weighted by atomic mass is 79.9. The van der Waals surface area contributed by atoms with Gasteiger partial charge in [-0.2, -0.15) is 0 Å². The van der Waals surface area contributed by atoms with Crippen molar-refractivity contribution in [1.29, 1.82) is 0 Å². The molecular weight excluding hydrogens is 370 g/mol. The van der Waals surface area contributed by atoms with Crippen molar-refractivity contribution in [3.05, 3.63) is 94.5 Å². The summed E-state index contributed by atoms with van der Waals surface area (Å²) in [6.45, 7) is 0.556. The molecule has 0 radical (unpaired) electrons. The Morgan fingerprint density at radius 1 is 0.826 bits per heavy atom. The molecule has 0 aliphatic rings. The summed E-state index contributed by atoms with van der Waals surface area (Å²) in [6, 6.07) is 26.4. The molecule has 23 heavy (non-hydrogen) atoms. The number of hydrogen-bond acceptors (Lipinski definition) is 1. The predicted octanol–water partition coefficient (Wildman–Crippen LogP) is 6.30. The Morgan fingerprint density at radius 3 is 2.22 bits per heavy atom. The molecular formula is C20H15BrClN. The third-order valence-corrected chi connectivity index (χ3v) is 4.44. The maximum absolute atomic E-state index is 6.32. The smallest absolute Gasteiger partial charge is 0.131 e. The van der Waals surface area contributed by atoms with Crippen LogP contribution in [0.4, 0.5) is 0 Å². The molecule has 0 aliphatic heterocycles. The zero-order valence-electron chi connectivity index (χ0n) is 12.4. The van der Waals surface area contributed by atoms with E-state index in [4.69, 9.17) is 11.6 Å². The Hall–Kier alpha value is -1.90. The molecule has 0 atom stereocenters. The van der Waals surface area contributed by atoms with Crippen LogP contribution in [0.25, 0.3) is 11.1 Å². The van der Waals surface area contributed by atoms with Crippen molar-refractivity contribution in [2.75, 3.05) is 0 Å². The average Bonchev–Trinajstić information content (AvgIpc) is 2.61. The molecule has 0 amide bonds. The molecule has 0 N–H and O–H groups in total. The maximum Gasteiger partial charge on any atom is 0.131 e. The minimum absolute atomic E-state index is 0.538.